The Hall–Kier alpha value is -6.26. The Kier molecular flexibility index (Phi) is 11.6. The zero-order valence-corrected chi connectivity index (χ0v) is 29.5. The first kappa shape index (κ1) is 36.0. The van der Waals surface area contributed by atoms with Crippen LogP contribution in [-0.2, 0) is 7.05 Å². The van der Waals surface area contributed by atoms with E-state index in [0.717, 1.165) is 11.1 Å². The fraction of sp³-hybridized carbons (Fsp3) is 0.152. The number of halogens is 2. The van der Waals surface area contributed by atoms with Crippen molar-refractivity contribution in [3.8, 4) is 34.3 Å². The Balaban J connectivity index is 0.000000198. The first-order valence-corrected chi connectivity index (χ1v) is 15.8. The van der Waals surface area contributed by atoms with Crippen molar-refractivity contribution in [2.75, 3.05) is 38.9 Å². The number of nitrogens with one attached hydrogen (secondary N) is 5. The zero-order chi connectivity index (χ0) is 36.5. The maximum atomic E-state index is 12.1. The molecule has 16 nitrogen and oxygen atoms in total. The number of ether oxygens (including phenoxy) is 2. The molecule has 0 aliphatic rings. The number of aromatic amines is 1. The van der Waals surface area contributed by atoms with Crippen LogP contribution in [-0.4, -0.2) is 80.0 Å². The highest BCUT2D eigenvalue weighted by molar-refractivity contribution is 6.30. The van der Waals surface area contributed by atoms with Crippen molar-refractivity contribution in [3.63, 3.8) is 0 Å². The molecule has 2 amide bonds. The first-order valence-electron chi connectivity index (χ1n) is 15.0. The van der Waals surface area contributed by atoms with Crippen LogP contribution in [0, 0.1) is 0 Å². The monoisotopic (exact) mass is 730 g/mol. The third-order valence-corrected chi connectivity index (χ3v) is 7.59. The van der Waals surface area contributed by atoms with Crippen molar-refractivity contribution >= 4 is 57.8 Å². The lowest BCUT2D eigenvalue weighted by atomic mass is 10.1. The van der Waals surface area contributed by atoms with E-state index in [0.29, 0.717) is 57.0 Å². The maximum Gasteiger partial charge on any atom is 0.254 e. The van der Waals surface area contributed by atoms with E-state index >= 15 is 0 Å². The molecule has 262 valence electrons. The molecule has 0 aliphatic carbocycles. The number of aromatic nitrogens is 8. The van der Waals surface area contributed by atoms with Gasteiger partial charge in [0.1, 0.15) is 23.0 Å². The molecule has 0 saturated heterocycles. The van der Waals surface area contributed by atoms with Gasteiger partial charge >= 0.3 is 0 Å². The number of nitrogens with zero attached hydrogens (tertiary/aromatic N) is 7. The molecule has 51 heavy (non-hydrogen) atoms. The molecule has 0 unspecified atom stereocenters. The van der Waals surface area contributed by atoms with Gasteiger partial charge < -0.3 is 30.7 Å². The van der Waals surface area contributed by atoms with Crippen LogP contribution in [0.15, 0.2) is 73.6 Å². The van der Waals surface area contributed by atoms with Gasteiger partial charge in [-0.3, -0.25) is 19.4 Å². The van der Waals surface area contributed by atoms with Gasteiger partial charge in [-0.05, 0) is 36.4 Å². The summed E-state index contributed by atoms with van der Waals surface area (Å²) in [6.45, 7) is 0. The quantitative estimate of drug-likeness (QED) is 0.115. The van der Waals surface area contributed by atoms with E-state index < -0.39 is 0 Å². The van der Waals surface area contributed by atoms with Crippen LogP contribution < -0.4 is 30.7 Å². The lowest BCUT2D eigenvalue weighted by molar-refractivity contribution is 0.0955. The normalized spacial score (nSPS) is 10.4. The molecule has 6 rings (SSSR count). The Labute approximate surface area is 302 Å². The van der Waals surface area contributed by atoms with E-state index in [-0.39, 0.29) is 22.1 Å². The molecule has 4 aromatic heterocycles. The minimum atomic E-state index is -0.281. The van der Waals surface area contributed by atoms with Crippen LogP contribution in [0.25, 0.3) is 22.8 Å². The SMILES string of the molecule is CNC(=O)c1cnc(Cl)cc1Nc1cccc(-c2ncn(C)n2)c1OC.CNC(=O)c1cnc(Cl)cc1Nc1cccc(-c2ncn[nH]2)c1OC. The number of aryl methyl sites for hydroxylation is 1. The van der Waals surface area contributed by atoms with E-state index in [1.54, 1.807) is 58.5 Å². The molecule has 4 heterocycles. The number of rotatable bonds is 10. The van der Waals surface area contributed by atoms with Crippen molar-refractivity contribution in [2.24, 2.45) is 7.05 Å². The Bertz CT molecular complexity index is 2160. The molecular formula is C33H32Cl2N12O4. The highest BCUT2D eigenvalue weighted by atomic mass is 35.5. The van der Waals surface area contributed by atoms with Crippen molar-refractivity contribution in [1.29, 1.82) is 0 Å². The van der Waals surface area contributed by atoms with Crippen LogP contribution in [0.1, 0.15) is 20.7 Å². The summed E-state index contributed by atoms with van der Waals surface area (Å²) in [6, 6.07) is 14.2. The topological polar surface area (TPSA) is 199 Å². The smallest absolute Gasteiger partial charge is 0.254 e. The van der Waals surface area contributed by atoms with E-state index in [2.05, 4.69) is 56.5 Å². The van der Waals surface area contributed by atoms with Crippen LogP contribution in [0.2, 0.25) is 10.3 Å². The Morgan fingerprint density at radius 1 is 0.745 bits per heavy atom. The van der Waals surface area contributed by atoms with Gasteiger partial charge in [0.05, 0.1) is 59.2 Å². The summed E-state index contributed by atoms with van der Waals surface area (Å²) < 4.78 is 12.7. The number of anilines is 4. The molecule has 0 atom stereocenters. The fourth-order valence-electron chi connectivity index (χ4n) is 4.86. The van der Waals surface area contributed by atoms with Crippen LogP contribution in [0.4, 0.5) is 22.7 Å². The third kappa shape index (κ3) is 8.31. The lowest BCUT2D eigenvalue weighted by Crippen LogP contribution is -2.19. The van der Waals surface area contributed by atoms with Crippen LogP contribution in [0.3, 0.4) is 0 Å². The number of pyridine rings is 2. The van der Waals surface area contributed by atoms with Crippen molar-refractivity contribution in [1.82, 2.24) is 50.5 Å². The highest BCUT2D eigenvalue weighted by Gasteiger charge is 2.19. The van der Waals surface area contributed by atoms with Crippen molar-refractivity contribution < 1.29 is 19.1 Å². The number of benzene rings is 2. The summed E-state index contributed by atoms with van der Waals surface area (Å²) in [6.07, 6.45) is 5.86. The maximum absolute atomic E-state index is 12.1. The number of carbonyl (C=O) groups is 2. The number of carbonyl (C=O) groups excluding carboxylic acids is 2. The summed E-state index contributed by atoms with van der Waals surface area (Å²) in [5.41, 5.74) is 4.47. The minimum Gasteiger partial charge on any atom is -0.494 e. The molecule has 0 radical (unpaired) electrons. The summed E-state index contributed by atoms with van der Waals surface area (Å²) in [5, 5.41) is 23.0. The molecule has 0 fully saturated rings. The van der Waals surface area contributed by atoms with Gasteiger partial charge in [-0.25, -0.2) is 19.9 Å². The molecule has 0 saturated carbocycles. The minimum absolute atomic E-state index is 0.264. The van der Waals surface area contributed by atoms with E-state index in [1.807, 2.05) is 36.4 Å². The number of H-pyrrole nitrogens is 1. The van der Waals surface area contributed by atoms with Crippen molar-refractivity contribution in [2.45, 2.75) is 0 Å². The molecule has 5 N–H and O–H groups in total. The first-order chi connectivity index (χ1) is 24.7. The largest absolute Gasteiger partial charge is 0.494 e. The Morgan fingerprint density at radius 2 is 1.27 bits per heavy atom. The second-order valence-electron chi connectivity index (χ2n) is 10.4. The number of hydrogen-bond acceptors (Lipinski definition) is 12. The third-order valence-electron chi connectivity index (χ3n) is 7.17. The summed E-state index contributed by atoms with van der Waals surface area (Å²) in [4.78, 5) is 40.5. The van der Waals surface area contributed by atoms with Gasteiger partial charge in [-0.15, -0.1) is 0 Å². The fourth-order valence-corrected chi connectivity index (χ4v) is 5.18. The average Bonchev–Trinajstić information content (AvgIpc) is 3.84. The van der Waals surface area contributed by atoms with Crippen LogP contribution >= 0.6 is 23.2 Å². The van der Waals surface area contributed by atoms with Gasteiger partial charge in [0, 0.05) is 33.5 Å². The lowest BCUT2D eigenvalue weighted by Gasteiger charge is -2.16. The molecule has 18 heteroatoms. The molecule has 0 spiro atoms. The van der Waals surface area contributed by atoms with Gasteiger partial charge in [0.25, 0.3) is 11.8 Å². The van der Waals surface area contributed by atoms with Gasteiger partial charge in [-0.2, -0.15) is 10.2 Å². The Morgan fingerprint density at radius 3 is 1.73 bits per heavy atom. The second-order valence-corrected chi connectivity index (χ2v) is 11.1. The van der Waals surface area contributed by atoms with E-state index in [4.69, 9.17) is 32.7 Å². The number of para-hydroxylation sites is 2. The second kappa shape index (κ2) is 16.4. The highest BCUT2D eigenvalue weighted by Crippen LogP contribution is 2.38. The average molecular weight is 732 g/mol. The number of methoxy groups -OCH3 is 2. The predicted octanol–water partition coefficient (Wildman–Crippen LogP) is 5.27. The molecule has 0 bridgehead atoms. The predicted molar refractivity (Wildman–Crippen MR) is 193 cm³/mol. The van der Waals surface area contributed by atoms with Crippen molar-refractivity contribution in [3.05, 3.63) is 95.0 Å². The summed E-state index contributed by atoms with van der Waals surface area (Å²) in [5.74, 6) is 1.65. The number of hydrogen-bond donors (Lipinski definition) is 5. The number of amides is 2. The zero-order valence-electron chi connectivity index (χ0n) is 27.9. The standard InChI is InChI=1S/C17H17ClN6O2.C16H15ClN6O2/c1-19-17(25)11-8-20-14(18)7-13(11)22-12-6-4-5-10(15(12)26-3)16-21-9-24(2)23-16;1-18-16(24)10-7-19-13(17)6-12(10)22-11-5-3-4-9(14(11)25-2)15-20-8-21-23-15/h4-9H,1-3H3,(H,19,25)(H,20,22);3-8H,1-2H3,(H,18,24)(H,19,22)(H,20,21,23). The van der Waals surface area contributed by atoms with Gasteiger partial charge in [0.2, 0.25) is 0 Å². The van der Waals surface area contributed by atoms with Gasteiger partial charge in [0.15, 0.2) is 23.1 Å². The van der Waals surface area contributed by atoms with Crippen LogP contribution in [0.5, 0.6) is 11.5 Å². The molecule has 0 aliphatic heterocycles. The molecule has 6 aromatic rings. The van der Waals surface area contributed by atoms with E-state index in [9.17, 15) is 9.59 Å². The molecular weight excluding hydrogens is 699 g/mol. The van der Waals surface area contributed by atoms with E-state index in [1.165, 1.54) is 18.7 Å². The summed E-state index contributed by atoms with van der Waals surface area (Å²) >= 11 is 12.0. The van der Waals surface area contributed by atoms with Gasteiger partial charge in [-0.1, -0.05) is 35.3 Å². The summed E-state index contributed by atoms with van der Waals surface area (Å²) in [7, 11) is 8.01. The molecule has 2 aromatic carbocycles.